The van der Waals surface area contributed by atoms with Crippen LogP contribution in [0.5, 0.6) is 17.2 Å². The monoisotopic (exact) mass is 419 g/mol. The molecule has 3 rings (SSSR count). The van der Waals surface area contributed by atoms with Crippen molar-refractivity contribution in [2.75, 3.05) is 20.3 Å². The minimum absolute atomic E-state index is 0.311. The normalized spacial score (nSPS) is 10.7. The van der Waals surface area contributed by atoms with Gasteiger partial charge < -0.3 is 14.2 Å². The van der Waals surface area contributed by atoms with Crippen LogP contribution in [0.4, 0.5) is 0 Å². The van der Waals surface area contributed by atoms with Crippen LogP contribution in [-0.2, 0) is 0 Å². The lowest BCUT2D eigenvalue weighted by atomic mass is 10.1. The van der Waals surface area contributed by atoms with Gasteiger partial charge >= 0.3 is 0 Å². The highest BCUT2D eigenvalue weighted by molar-refractivity contribution is 5.94. The van der Waals surface area contributed by atoms with Crippen molar-refractivity contribution in [1.29, 1.82) is 0 Å². The fourth-order valence-electron chi connectivity index (χ4n) is 2.73. The maximum atomic E-state index is 12.0. The number of carbonyl (C=O) groups is 1. The van der Waals surface area contributed by atoms with Crippen LogP contribution in [0.3, 0.4) is 0 Å². The van der Waals surface area contributed by atoms with Gasteiger partial charge in [-0.15, -0.1) is 0 Å². The fraction of sp³-hybridized carbons (Fsp3) is 0.208. The van der Waals surface area contributed by atoms with E-state index in [1.165, 1.54) is 17.3 Å². The number of aryl methyl sites for hydroxylation is 2. The molecule has 2 aromatic carbocycles. The zero-order valence-corrected chi connectivity index (χ0v) is 17.8. The lowest BCUT2D eigenvalue weighted by Gasteiger charge is -2.12. The number of benzene rings is 2. The van der Waals surface area contributed by atoms with Gasteiger partial charge in [-0.1, -0.05) is 6.07 Å². The Kier molecular flexibility index (Phi) is 7.59. The highest BCUT2D eigenvalue weighted by Crippen LogP contribution is 2.27. The largest absolute Gasteiger partial charge is 0.493 e. The van der Waals surface area contributed by atoms with E-state index in [4.69, 9.17) is 14.2 Å². The summed E-state index contributed by atoms with van der Waals surface area (Å²) in [5.74, 6) is 1.67. The number of nitrogens with zero attached hydrogens (tertiary/aromatic N) is 2. The summed E-state index contributed by atoms with van der Waals surface area (Å²) in [7, 11) is 1.57. The van der Waals surface area contributed by atoms with Crippen molar-refractivity contribution in [3.8, 4) is 17.2 Å². The second-order valence-electron chi connectivity index (χ2n) is 6.79. The van der Waals surface area contributed by atoms with Crippen LogP contribution in [0.15, 0.2) is 66.0 Å². The molecule has 1 N–H and O–H groups in total. The first-order valence-electron chi connectivity index (χ1n) is 9.81. The summed E-state index contributed by atoms with van der Waals surface area (Å²) in [4.78, 5) is 15.9. The van der Waals surface area contributed by atoms with Gasteiger partial charge in [-0.05, 0) is 73.0 Å². The van der Waals surface area contributed by atoms with E-state index in [1.54, 1.807) is 43.8 Å². The molecule has 31 heavy (non-hydrogen) atoms. The van der Waals surface area contributed by atoms with Crippen LogP contribution in [0, 0.1) is 13.8 Å². The number of hydrazone groups is 1. The molecule has 0 unspecified atom stereocenters. The van der Waals surface area contributed by atoms with Crippen molar-refractivity contribution in [3.63, 3.8) is 0 Å². The number of pyridine rings is 1. The fourth-order valence-corrected chi connectivity index (χ4v) is 2.73. The number of hydrogen-bond donors (Lipinski definition) is 1. The van der Waals surface area contributed by atoms with E-state index in [0.717, 1.165) is 11.3 Å². The molecule has 0 aliphatic carbocycles. The maximum Gasteiger partial charge on any atom is 0.271 e. The van der Waals surface area contributed by atoms with Crippen LogP contribution in [0.1, 0.15) is 27.0 Å². The van der Waals surface area contributed by atoms with Crippen LogP contribution in [0.25, 0.3) is 0 Å². The Balaban J connectivity index is 1.52. The third kappa shape index (κ3) is 6.30. The van der Waals surface area contributed by atoms with Gasteiger partial charge in [0.15, 0.2) is 11.5 Å². The van der Waals surface area contributed by atoms with Crippen LogP contribution >= 0.6 is 0 Å². The van der Waals surface area contributed by atoms with E-state index in [-0.39, 0.29) is 5.91 Å². The summed E-state index contributed by atoms with van der Waals surface area (Å²) < 4.78 is 16.9. The maximum absolute atomic E-state index is 12.0. The first-order chi connectivity index (χ1) is 15.1. The van der Waals surface area contributed by atoms with Crippen molar-refractivity contribution >= 4 is 12.1 Å². The Morgan fingerprint density at radius 1 is 0.968 bits per heavy atom. The quantitative estimate of drug-likeness (QED) is 0.323. The zero-order chi connectivity index (χ0) is 22.1. The minimum atomic E-state index is -0.311. The van der Waals surface area contributed by atoms with Gasteiger partial charge in [0.1, 0.15) is 19.0 Å². The van der Waals surface area contributed by atoms with Crippen molar-refractivity contribution in [2.45, 2.75) is 13.8 Å². The number of nitrogens with one attached hydrogen (secondary N) is 1. The molecule has 0 spiro atoms. The standard InChI is InChI=1S/C24H25N3O4/c1-17-4-6-21(14-18(17)2)30-12-13-31-22-7-5-19(15-23(22)29-3)16-26-27-24(28)20-8-10-25-11-9-20/h4-11,14-16H,12-13H2,1-3H3,(H,27,28)/b26-16-. The molecule has 0 radical (unpaired) electrons. The number of ether oxygens (including phenoxy) is 3. The Hall–Kier alpha value is -3.87. The molecular formula is C24H25N3O4. The number of carbonyl (C=O) groups excluding carboxylic acids is 1. The number of amides is 1. The van der Waals surface area contributed by atoms with Crippen molar-refractivity contribution < 1.29 is 19.0 Å². The third-order valence-corrected chi connectivity index (χ3v) is 4.60. The molecule has 0 saturated carbocycles. The van der Waals surface area contributed by atoms with E-state index in [2.05, 4.69) is 29.4 Å². The molecule has 0 aliphatic rings. The zero-order valence-electron chi connectivity index (χ0n) is 17.8. The molecule has 7 nitrogen and oxygen atoms in total. The van der Waals surface area contributed by atoms with E-state index in [9.17, 15) is 4.79 Å². The Morgan fingerprint density at radius 3 is 2.48 bits per heavy atom. The van der Waals surface area contributed by atoms with Crippen molar-refractivity contribution in [2.24, 2.45) is 5.10 Å². The molecule has 0 saturated heterocycles. The van der Waals surface area contributed by atoms with Gasteiger partial charge in [0, 0.05) is 18.0 Å². The average molecular weight is 419 g/mol. The summed E-state index contributed by atoms with van der Waals surface area (Å²) >= 11 is 0. The van der Waals surface area contributed by atoms with Gasteiger partial charge in [0.25, 0.3) is 5.91 Å². The van der Waals surface area contributed by atoms with Gasteiger partial charge in [-0.25, -0.2) is 5.43 Å². The highest BCUT2D eigenvalue weighted by Gasteiger charge is 2.06. The molecule has 1 aromatic heterocycles. The minimum Gasteiger partial charge on any atom is -0.493 e. The van der Waals surface area contributed by atoms with Crippen LogP contribution in [-0.4, -0.2) is 37.4 Å². The van der Waals surface area contributed by atoms with Crippen LogP contribution in [0.2, 0.25) is 0 Å². The number of rotatable bonds is 9. The molecule has 3 aromatic rings. The van der Waals surface area contributed by atoms with Gasteiger partial charge in [0.05, 0.1) is 13.3 Å². The first kappa shape index (κ1) is 21.8. The predicted molar refractivity (Wildman–Crippen MR) is 119 cm³/mol. The molecule has 0 bridgehead atoms. The van der Waals surface area contributed by atoms with Crippen molar-refractivity contribution in [1.82, 2.24) is 10.4 Å². The Morgan fingerprint density at radius 2 is 1.74 bits per heavy atom. The molecule has 0 fully saturated rings. The van der Waals surface area contributed by atoms with E-state index < -0.39 is 0 Å². The smallest absolute Gasteiger partial charge is 0.271 e. The topological polar surface area (TPSA) is 82.0 Å². The summed E-state index contributed by atoms with van der Waals surface area (Å²) in [5.41, 5.74) is 6.14. The summed E-state index contributed by atoms with van der Waals surface area (Å²) in [6, 6.07) is 14.6. The first-order valence-corrected chi connectivity index (χ1v) is 9.81. The second kappa shape index (κ2) is 10.8. The number of aromatic nitrogens is 1. The average Bonchev–Trinajstić information content (AvgIpc) is 2.80. The molecular weight excluding hydrogens is 394 g/mol. The third-order valence-electron chi connectivity index (χ3n) is 4.60. The summed E-state index contributed by atoms with van der Waals surface area (Å²) in [6.07, 6.45) is 4.64. The van der Waals surface area contributed by atoms with E-state index in [1.807, 2.05) is 24.3 Å². The summed E-state index contributed by atoms with van der Waals surface area (Å²) in [5, 5.41) is 3.98. The highest BCUT2D eigenvalue weighted by atomic mass is 16.5. The van der Waals surface area contributed by atoms with E-state index in [0.29, 0.717) is 30.3 Å². The molecule has 1 heterocycles. The number of methoxy groups -OCH3 is 1. The molecule has 7 heteroatoms. The Bertz CT molecular complexity index is 1050. The molecule has 0 atom stereocenters. The van der Waals surface area contributed by atoms with Gasteiger partial charge in [-0.3, -0.25) is 9.78 Å². The van der Waals surface area contributed by atoms with Crippen LogP contribution < -0.4 is 19.6 Å². The lowest BCUT2D eigenvalue weighted by Crippen LogP contribution is -2.17. The van der Waals surface area contributed by atoms with Gasteiger partial charge in [0.2, 0.25) is 0 Å². The van der Waals surface area contributed by atoms with Crippen molar-refractivity contribution in [3.05, 3.63) is 83.2 Å². The van der Waals surface area contributed by atoms with Gasteiger partial charge in [-0.2, -0.15) is 5.10 Å². The Labute approximate surface area is 181 Å². The SMILES string of the molecule is COc1cc(/C=N\NC(=O)c2ccncc2)ccc1OCCOc1ccc(C)c(C)c1. The van der Waals surface area contributed by atoms with E-state index >= 15 is 0 Å². The number of hydrogen-bond acceptors (Lipinski definition) is 6. The molecule has 1 amide bonds. The molecule has 0 aliphatic heterocycles. The predicted octanol–water partition coefficient (Wildman–Crippen LogP) is 3.93. The lowest BCUT2D eigenvalue weighted by molar-refractivity contribution is 0.0955. The molecule has 160 valence electrons. The summed E-state index contributed by atoms with van der Waals surface area (Å²) in [6.45, 7) is 4.91. The second-order valence-corrected chi connectivity index (χ2v) is 6.79.